The van der Waals surface area contributed by atoms with Crippen molar-refractivity contribution in [1.82, 2.24) is 0 Å². The molecule has 0 aromatic heterocycles. The number of halogens is 1. The van der Waals surface area contributed by atoms with Gasteiger partial charge in [0.1, 0.15) is 5.56 Å². The number of rotatable bonds is 4. The first kappa shape index (κ1) is 14.1. The lowest BCUT2D eigenvalue weighted by Gasteiger charge is -2.08. The third kappa shape index (κ3) is 3.16. The monoisotopic (exact) mass is 289 g/mol. The molecule has 0 aliphatic rings. The standard InChI is InChI=1S/C15H12ClNO3/c16-11-7-4-8-12(17)14(11)15(19)20-9-13(18)10-5-2-1-3-6-10/h1-8H,9,17H2. The molecule has 4 nitrogen and oxygen atoms in total. The van der Waals surface area contributed by atoms with Gasteiger partial charge in [0.2, 0.25) is 0 Å². The van der Waals surface area contributed by atoms with E-state index in [9.17, 15) is 9.59 Å². The predicted molar refractivity (Wildman–Crippen MR) is 76.9 cm³/mol. The zero-order valence-electron chi connectivity index (χ0n) is 10.5. The molecule has 0 bridgehead atoms. The molecule has 2 rings (SSSR count). The first-order chi connectivity index (χ1) is 9.59. The number of ether oxygens (including phenoxy) is 1. The minimum atomic E-state index is -0.711. The molecule has 0 unspecified atom stereocenters. The van der Waals surface area contributed by atoms with E-state index in [2.05, 4.69) is 0 Å². The third-order valence-corrected chi connectivity index (χ3v) is 3.00. The van der Waals surface area contributed by atoms with Crippen LogP contribution in [0.4, 0.5) is 5.69 Å². The van der Waals surface area contributed by atoms with Crippen molar-refractivity contribution in [3.05, 3.63) is 64.7 Å². The van der Waals surface area contributed by atoms with Gasteiger partial charge in [-0.3, -0.25) is 4.79 Å². The summed E-state index contributed by atoms with van der Waals surface area (Å²) < 4.78 is 4.95. The van der Waals surface area contributed by atoms with Crippen molar-refractivity contribution in [1.29, 1.82) is 0 Å². The molecule has 0 heterocycles. The van der Waals surface area contributed by atoms with E-state index in [1.807, 2.05) is 0 Å². The molecule has 2 aromatic rings. The highest BCUT2D eigenvalue weighted by molar-refractivity contribution is 6.34. The van der Waals surface area contributed by atoms with Crippen molar-refractivity contribution in [2.75, 3.05) is 12.3 Å². The normalized spacial score (nSPS) is 10.1. The summed E-state index contributed by atoms with van der Waals surface area (Å²) >= 11 is 5.89. The molecule has 0 atom stereocenters. The second-order valence-electron chi connectivity index (χ2n) is 4.07. The van der Waals surface area contributed by atoms with Gasteiger partial charge in [-0.2, -0.15) is 0 Å². The Labute approximate surface area is 121 Å². The average Bonchev–Trinajstić information content (AvgIpc) is 2.45. The Hall–Kier alpha value is -2.33. The second kappa shape index (κ2) is 6.21. The van der Waals surface area contributed by atoms with Crippen LogP contribution in [0.3, 0.4) is 0 Å². The van der Waals surface area contributed by atoms with Gasteiger partial charge in [-0.05, 0) is 12.1 Å². The number of benzene rings is 2. The Balaban J connectivity index is 2.05. The van der Waals surface area contributed by atoms with Gasteiger partial charge in [0.25, 0.3) is 0 Å². The Morgan fingerprint density at radius 3 is 2.40 bits per heavy atom. The van der Waals surface area contributed by atoms with Crippen molar-refractivity contribution in [3.8, 4) is 0 Å². The Morgan fingerprint density at radius 2 is 1.75 bits per heavy atom. The van der Waals surface area contributed by atoms with E-state index in [1.54, 1.807) is 42.5 Å². The lowest BCUT2D eigenvalue weighted by molar-refractivity contribution is 0.0476. The summed E-state index contributed by atoms with van der Waals surface area (Å²) in [4.78, 5) is 23.7. The van der Waals surface area contributed by atoms with E-state index < -0.39 is 5.97 Å². The lowest BCUT2D eigenvalue weighted by atomic mass is 10.1. The number of hydrogen-bond acceptors (Lipinski definition) is 4. The van der Waals surface area contributed by atoms with E-state index in [0.29, 0.717) is 5.56 Å². The molecule has 20 heavy (non-hydrogen) atoms. The van der Waals surface area contributed by atoms with Gasteiger partial charge < -0.3 is 10.5 Å². The number of ketones is 1. The van der Waals surface area contributed by atoms with Gasteiger partial charge in [0.15, 0.2) is 12.4 Å². The molecule has 0 fully saturated rings. The van der Waals surface area contributed by atoms with Crippen molar-refractivity contribution < 1.29 is 14.3 Å². The molecule has 0 aliphatic carbocycles. The Morgan fingerprint density at radius 1 is 1.05 bits per heavy atom. The summed E-state index contributed by atoms with van der Waals surface area (Å²) in [7, 11) is 0. The summed E-state index contributed by atoms with van der Waals surface area (Å²) in [5.74, 6) is -0.998. The topological polar surface area (TPSA) is 69.4 Å². The summed E-state index contributed by atoms with van der Waals surface area (Å²) in [6.45, 7) is -0.354. The zero-order valence-corrected chi connectivity index (χ0v) is 11.3. The molecule has 0 saturated heterocycles. The number of hydrogen-bond donors (Lipinski definition) is 1. The maximum atomic E-state index is 11.9. The van der Waals surface area contributed by atoms with Crippen LogP contribution in [-0.4, -0.2) is 18.4 Å². The van der Waals surface area contributed by atoms with Gasteiger partial charge in [-0.25, -0.2) is 4.79 Å². The molecule has 2 N–H and O–H groups in total. The number of anilines is 1. The van der Waals surface area contributed by atoms with Crippen LogP contribution in [0, 0.1) is 0 Å². The Kier molecular flexibility index (Phi) is 4.38. The van der Waals surface area contributed by atoms with Gasteiger partial charge in [0, 0.05) is 11.3 Å². The average molecular weight is 290 g/mol. The van der Waals surface area contributed by atoms with Gasteiger partial charge in [-0.15, -0.1) is 0 Å². The number of nitrogens with two attached hydrogens (primary N) is 1. The number of Topliss-reactive ketones (excluding diaryl/α,β-unsaturated/α-hetero) is 1. The number of carbonyl (C=O) groups excluding carboxylic acids is 2. The van der Waals surface area contributed by atoms with E-state index >= 15 is 0 Å². The van der Waals surface area contributed by atoms with Gasteiger partial charge >= 0.3 is 5.97 Å². The van der Waals surface area contributed by atoms with Gasteiger partial charge in [0.05, 0.1) is 5.02 Å². The molecule has 102 valence electrons. The highest BCUT2D eigenvalue weighted by Gasteiger charge is 2.17. The first-order valence-corrected chi connectivity index (χ1v) is 6.26. The van der Waals surface area contributed by atoms with Crippen LogP contribution in [0.2, 0.25) is 5.02 Å². The van der Waals surface area contributed by atoms with Crippen LogP contribution >= 0.6 is 11.6 Å². The van der Waals surface area contributed by atoms with E-state index in [-0.39, 0.29) is 28.7 Å². The predicted octanol–water partition coefficient (Wildman–Crippen LogP) is 2.96. The van der Waals surface area contributed by atoms with Crippen LogP contribution in [0.25, 0.3) is 0 Å². The zero-order chi connectivity index (χ0) is 14.5. The fourth-order valence-electron chi connectivity index (χ4n) is 1.67. The molecule has 0 amide bonds. The van der Waals surface area contributed by atoms with Crippen LogP contribution in [0.15, 0.2) is 48.5 Å². The summed E-state index contributed by atoms with van der Waals surface area (Å²) in [5, 5.41) is 0.196. The minimum absolute atomic E-state index is 0.0787. The summed E-state index contributed by atoms with van der Waals surface area (Å²) in [6.07, 6.45) is 0. The van der Waals surface area contributed by atoms with E-state index in [0.717, 1.165) is 0 Å². The summed E-state index contributed by atoms with van der Waals surface area (Å²) in [5.41, 5.74) is 6.44. The second-order valence-corrected chi connectivity index (χ2v) is 4.48. The van der Waals surface area contributed by atoms with Crippen molar-refractivity contribution in [2.45, 2.75) is 0 Å². The highest BCUT2D eigenvalue weighted by atomic mass is 35.5. The van der Waals surface area contributed by atoms with Crippen molar-refractivity contribution in [2.24, 2.45) is 0 Å². The SMILES string of the molecule is Nc1cccc(Cl)c1C(=O)OCC(=O)c1ccccc1. The van der Waals surface area contributed by atoms with E-state index in [4.69, 9.17) is 22.1 Å². The number of nitrogen functional groups attached to an aromatic ring is 1. The summed E-state index contributed by atoms with van der Waals surface area (Å²) in [6, 6.07) is 13.3. The minimum Gasteiger partial charge on any atom is -0.454 e. The smallest absolute Gasteiger partial charge is 0.342 e. The van der Waals surface area contributed by atoms with E-state index in [1.165, 1.54) is 6.07 Å². The van der Waals surface area contributed by atoms with Crippen LogP contribution in [0.1, 0.15) is 20.7 Å². The quantitative estimate of drug-likeness (QED) is 0.534. The van der Waals surface area contributed by atoms with Crippen LogP contribution in [0.5, 0.6) is 0 Å². The molecule has 5 heteroatoms. The van der Waals surface area contributed by atoms with Crippen molar-refractivity contribution in [3.63, 3.8) is 0 Å². The molecular formula is C15H12ClNO3. The molecule has 0 radical (unpaired) electrons. The van der Waals surface area contributed by atoms with Crippen LogP contribution in [-0.2, 0) is 4.74 Å². The molecule has 2 aromatic carbocycles. The number of carbonyl (C=O) groups is 2. The van der Waals surface area contributed by atoms with Gasteiger partial charge in [-0.1, -0.05) is 48.0 Å². The largest absolute Gasteiger partial charge is 0.454 e. The maximum Gasteiger partial charge on any atom is 0.342 e. The fourth-order valence-corrected chi connectivity index (χ4v) is 1.93. The maximum absolute atomic E-state index is 11.9. The molecular weight excluding hydrogens is 278 g/mol. The number of esters is 1. The first-order valence-electron chi connectivity index (χ1n) is 5.89. The molecule has 0 spiro atoms. The highest BCUT2D eigenvalue weighted by Crippen LogP contribution is 2.22. The fraction of sp³-hybridized carbons (Fsp3) is 0.0667. The van der Waals surface area contributed by atoms with Crippen molar-refractivity contribution >= 4 is 29.0 Å². The Bertz CT molecular complexity index is 621. The van der Waals surface area contributed by atoms with Crippen LogP contribution < -0.4 is 5.73 Å². The molecule has 0 aliphatic heterocycles. The molecule has 0 saturated carbocycles. The third-order valence-electron chi connectivity index (χ3n) is 2.68. The lowest BCUT2D eigenvalue weighted by Crippen LogP contribution is -2.15.